The molecule has 2 amide bonds. The molecule has 1 aromatic rings. The van der Waals surface area contributed by atoms with Crippen molar-refractivity contribution in [2.45, 2.75) is 25.8 Å². The minimum atomic E-state index is -0.0960. The van der Waals surface area contributed by atoms with E-state index in [1.165, 1.54) is 0 Å². The topological polar surface area (TPSA) is 70.2 Å². The van der Waals surface area contributed by atoms with Crippen molar-refractivity contribution in [2.24, 2.45) is 0 Å². The number of benzene rings is 1. The molecule has 0 bridgehead atoms. The molecule has 1 heterocycles. The minimum absolute atomic E-state index is 0.0633. The molecule has 0 spiro atoms. The van der Waals surface area contributed by atoms with E-state index in [1.54, 1.807) is 0 Å². The van der Waals surface area contributed by atoms with E-state index < -0.39 is 0 Å². The van der Waals surface area contributed by atoms with Crippen LogP contribution in [-0.4, -0.2) is 31.4 Å². The highest BCUT2D eigenvalue weighted by atomic mass is 16.2. The summed E-state index contributed by atoms with van der Waals surface area (Å²) in [6, 6.07) is 5.68. The maximum absolute atomic E-state index is 12.1. The van der Waals surface area contributed by atoms with Gasteiger partial charge in [-0.05, 0) is 37.1 Å². The molecule has 19 heavy (non-hydrogen) atoms. The Hall–Kier alpha value is -2.04. The third-order valence-corrected chi connectivity index (χ3v) is 3.35. The lowest BCUT2D eigenvalue weighted by atomic mass is 10.1. The lowest BCUT2D eigenvalue weighted by Crippen LogP contribution is -2.38. The largest absolute Gasteiger partial charge is 0.388 e. The highest BCUT2D eigenvalue weighted by Crippen LogP contribution is 2.14. The van der Waals surface area contributed by atoms with E-state index >= 15 is 0 Å². The van der Waals surface area contributed by atoms with Crippen molar-refractivity contribution in [3.05, 3.63) is 29.3 Å². The van der Waals surface area contributed by atoms with Crippen molar-refractivity contribution in [1.29, 1.82) is 0 Å². The molecule has 2 rings (SSSR count). The molecular weight excluding hydrogens is 242 g/mol. The van der Waals surface area contributed by atoms with Crippen LogP contribution in [0.25, 0.3) is 0 Å². The summed E-state index contributed by atoms with van der Waals surface area (Å²) in [5, 5.41) is 8.73. The normalized spacial score (nSPS) is 18.0. The number of hydrogen-bond donors (Lipinski definition) is 3. The van der Waals surface area contributed by atoms with Gasteiger partial charge >= 0.3 is 0 Å². The zero-order valence-electron chi connectivity index (χ0n) is 11.2. The molecule has 1 saturated heterocycles. The zero-order chi connectivity index (χ0) is 13.8. The summed E-state index contributed by atoms with van der Waals surface area (Å²) >= 11 is 0. The number of amides is 2. The van der Waals surface area contributed by atoms with Crippen LogP contribution >= 0.6 is 0 Å². The smallest absolute Gasteiger partial charge is 0.251 e. The molecular formula is C14H19N3O2. The number of carbonyl (C=O) groups is 2. The van der Waals surface area contributed by atoms with Crippen molar-refractivity contribution in [3.63, 3.8) is 0 Å². The molecule has 1 aliphatic heterocycles. The summed E-state index contributed by atoms with van der Waals surface area (Å²) in [7, 11) is 1.84. The first-order chi connectivity index (χ1) is 9.10. The van der Waals surface area contributed by atoms with Gasteiger partial charge < -0.3 is 16.0 Å². The van der Waals surface area contributed by atoms with E-state index in [0.717, 1.165) is 17.7 Å². The summed E-state index contributed by atoms with van der Waals surface area (Å²) in [4.78, 5) is 23.1. The van der Waals surface area contributed by atoms with Gasteiger partial charge in [-0.2, -0.15) is 0 Å². The van der Waals surface area contributed by atoms with Crippen molar-refractivity contribution >= 4 is 17.5 Å². The van der Waals surface area contributed by atoms with Crippen LogP contribution < -0.4 is 16.0 Å². The fourth-order valence-electron chi connectivity index (χ4n) is 2.22. The fraction of sp³-hybridized carbons (Fsp3) is 0.429. The minimum Gasteiger partial charge on any atom is -0.388 e. The number of carbonyl (C=O) groups excluding carboxylic acids is 2. The molecule has 1 atom stereocenters. The highest BCUT2D eigenvalue weighted by molar-refractivity contribution is 5.96. The summed E-state index contributed by atoms with van der Waals surface area (Å²) in [6.45, 7) is 2.39. The maximum Gasteiger partial charge on any atom is 0.251 e. The highest BCUT2D eigenvalue weighted by Gasteiger charge is 2.21. The summed E-state index contributed by atoms with van der Waals surface area (Å²) < 4.78 is 0. The molecule has 1 aromatic carbocycles. The van der Waals surface area contributed by atoms with Crippen LogP contribution in [0.5, 0.6) is 0 Å². The van der Waals surface area contributed by atoms with Crippen LogP contribution in [0.15, 0.2) is 18.2 Å². The summed E-state index contributed by atoms with van der Waals surface area (Å²) in [5.74, 6) is -0.0323. The Balaban J connectivity index is 1.94. The monoisotopic (exact) mass is 261 g/mol. The van der Waals surface area contributed by atoms with Gasteiger partial charge in [0.2, 0.25) is 5.91 Å². The molecule has 3 N–H and O–H groups in total. The number of nitrogens with one attached hydrogen (secondary N) is 3. The van der Waals surface area contributed by atoms with E-state index in [0.29, 0.717) is 18.5 Å². The average molecular weight is 261 g/mol. The standard InChI is InChI=1S/C14H19N3O2/c1-9-7-10(15-2)3-5-12(9)14(19)16-8-11-4-6-13(18)17-11/h3,5,7,11,15H,4,6,8H2,1-2H3,(H,16,19)(H,17,18). The molecule has 1 fully saturated rings. The lowest BCUT2D eigenvalue weighted by Gasteiger charge is -2.13. The van der Waals surface area contributed by atoms with Crippen LogP contribution in [0.1, 0.15) is 28.8 Å². The fourth-order valence-corrected chi connectivity index (χ4v) is 2.22. The van der Waals surface area contributed by atoms with Gasteiger partial charge in [0.15, 0.2) is 0 Å². The Bertz CT molecular complexity index is 499. The average Bonchev–Trinajstić information content (AvgIpc) is 2.81. The predicted octanol–water partition coefficient (Wildman–Crippen LogP) is 1.05. The lowest BCUT2D eigenvalue weighted by molar-refractivity contribution is -0.119. The third kappa shape index (κ3) is 3.24. The van der Waals surface area contributed by atoms with Gasteiger partial charge in [0.1, 0.15) is 0 Å². The van der Waals surface area contributed by atoms with Gasteiger partial charge in [0.25, 0.3) is 5.91 Å². The molecule has 0 saturated carbocycles. The molecule has 102 valence electrons. The van der Waals surface area contributed by atoms with Crippen LogP contribution in [0, 0.1) is 6.92 Å². The van der Waals surface area contributed by atoms with Crippen LogP contribution in [-0.2, 0) is 4.79 Å². The first-order valence-electron chi connectivity index (χ1n) is 6.46. The van der Waals surface area contributed by atoms with Crippen molar-refractivity contribution in [3.8, 4) is 0 Å². The second-order valence-electron chi connectivity index (χ2n) is 4.79. The van der Waals surface area contributed by atoms with Crippen molar-refractivity contribution < 1.29 is 9.59 Å². The Morgan fingerprint density at radius 2 is 2.26 bits per heavy atom. The number of anilines is 1. The summed E-state index contributed by atoms with van der Waals surface area (Å²) in [5.41, 5.74) is 2.58. The van der Waals surface area contributed by atoms with E-state index in [2.05, 4.69) is 16.0 Å². The van der Waals surface area contributed by atoms with Crippen LogP contribution in [0.2, 0.25) is 0 Å². The zero-order valence-corrected chi connectivity index (χ0v) is 11.2. The Labute approximate surface area is 112 Å². The second kappa shape index (κ2) is 5.73. The second-order valence-corrected chi connectivity index (χ2v) is 4.79. The third-order valence-electron chi connectivity index (χ3n) is 3.35. The predicted molar refractivity (Wildman–Crippen MR) is 74.2 cm³/mol. The molecule has 1 aliphatic rings. The number of hydrogen-bond acceptors (Lipinski definition) is 3. The van der Waals surface area contributed by atoms with E-state index in [1.807, 2.05) is 32.2 Å². The van der Waals surface area contributed by atoms with E-state index in [9.17, 15) is 9.59 Å². The molecule has 0 radical (unpaired) electrons. The number of rotatable bonds is 4. The van der Waals surface area contributed by atoms with Gasteiger partial charge in [-0.1, -0.05) is 0 Å². The van der Waals surface area contributed by atoms with E-state index in [-0.39, 0.29) is 17.9 Å². The van der Waals surface area contributed by atoms with Gasteiger partial charge in [-0.15, -0.1) is 0 Å². The molecule has 1 unspecified atom stereocenters. The molecule has 5 heteroatoms. The maximum atomic E-state index is 12.1. The van der Waals surface area contributed by atoms with Gasteiger partial charge in [0, 0.05) is 37.3 Å². The number of aryl methyl sites for hydroxylation is 1. The Morgan fingerprint density at radius 3 is 2.84 bits per heavy atom. The quantitative estimate of drug-likeness (QED) is 0.758. The Morgan fingerprint density at radius 1 is 1.47 bits per heavy atom. The Kier molecular flexibility index (Phi) is 4.04. The van der Waals surface area contributed by atoms with E-state index in [4.69, 9.17) is 0 Å². The SMILES string of the molecule is CNc1ccc(C(=O)NCC2CCC(=O)N2)c(C)c1. The first kappa shape index (κ1) is 13.4. The van der Waals surface area contributed by atoms with Gasteiger partial charge in [-0.25, -0.2) is 0 Å². The van der Waals surface area contributed by atoms with Crippen molar-refractivity contribution in [1.82, 2.24) is 10.6 Å². The van der Waals surface area contributed by atoms with Gasteiger partial charge in [-0.3, -0.25) is 9.59 Å². The van der Waals surface area contributed by atoms with Crippen LogP contribution in [0.3, 0.4) is 0 Å². The van der Waals surface area contributed by atoms with Crippen molar-refractivity contribution in [2.75, 3.05) is 18.9 Å². The molecule has 0 aromatic heterocycles. The van der Waals surface area contributed by atoms with Crippen LogP contribution in [0.4, 0.5) is 5.69 Å². The summed E-state index contributed by atoms with van der Waals surface area (Å²) in [6.07, 6.45) is 1.34. The molecule has 5 nitrogen and oxygen atoms in total. The van der Waals surface area contributed by atoms with Gasteiger partial charge in [0.05, 0.1) is 0 Å². The first-order valence-corrected chi connectivity index (χ1v) is 6.46. The molecule has 0 aliphatic carbocycles.